The number of nitrogen functional groups attached to an aromatic ring is 1. The van der Waals surface area contributed by atoms with E-state index in [1.165, 1.54) is 4.68 Å². The number of nitrogens with zero attached hydrogens (tertiary/aromatic N) is 2. The summed E-state index contributed by atoms with van der Waals surface area (Å²) in [5.74, 6) is -1.53. The zero-order valence-electron chi connectivity index (χ0n) is 10.6. The van der Waals surface area contributed by atoms with Crippen molar-refractivity contribution in [1.29, 1.82) is 0 Å². The van der Waals surface area contributed by atoms with Gasteiger partial charge in [0.1, 0.15) is 0 Å². The molecule has 3 aromatic rings. The Morgan fingerprint density at radius 1 is 1.19 bits per heavy atom. The van der Waals surface area contributed by atoms with E-state index in [9.17, 15) is 13.2 Å². The van der Waals surface area contributed by atoms with E-state index in [4.69, 9.17) is 5.73 Å². The Morgan fingerprint density at radius 2 is 1.95 bits per heavy atom. The minimum atomic E-state index is -3.12. The van der Waals surface area contributed by atoms with E-state index >= 15 is 0 Å². The second-order valence-electron chi connectivity index (χ2n) is 4.34. The van der Waals surface area contributed by atoms with Gasteiger partial charge in [-0.25, -0.2) is 9.07 Å². The van der Waals surface area contributed by atoms with Crippen LogP contribution in [-0.4, -0.2) is 16.4 Å². The Bertz CT molecular complexity index is 801. The second kappa shape index (κ2) is 5.01. The summed E-state index contributed by atoms with van der Waals surface area (Å²) in [7, 11) is 0. The molecular weight excluding hydrogens is 283 g/mol. The van der Waals surface area contributed by atoms with Crippen LogP contribution in [0.5, 0.6) is 5.75 Å². The number of hydrogen-bond acceptors (Lipinski definition) is 3. The van der Waals surface area contributed by atoms with Crippen molar-refractivity contribution in [2.24, 2.45) is 0 Å². The molecule has 0 unspecified atom stereocenters. The second-order valence-corrected chi connectivity index (χ2v) is 4.34. The first kappa shape index (κ1) is 13.3. The van der Waals surface area contributed by atoms with E-state index < -0.39 is 18.2 Å². The summed E-state index contributed by atoms with van der Waals surface area (Å²) in [5.41, 5.74) is 6.82. The van der Waals surface area contributed by atoms with Crippen molar-refractivity contribution in [1.82, 2.24) is 9.78 Å². The van der Waals surface area contributed by atoms with Gasteiger partial charge >= 0.3 is 6.61 Å². The van der Waals surface area contributed by atoms with Gasteiger partial charge in [0.25, 0.3) is 0 Å². The van der Waals surface area contributed by atoms with Gasteiger partial charge in [-0.1, -0.05) is 18.2 Å². The highest BCUT2D eigenvalue weighted by Gasteiger charge is 2.16. The van der Waals surface area contributed by atoms with E-state index in [1.807, 2.05) is 12.1 Å². The van der Waals surface area contributed by atoms with Gasteiger partial charge in [0, 0.05) is 17.5 Å². The summed E-state index contributed by atoms with van der Waals surface area (Å²) in [4.78, 5) is 0. The van der Waals surface area contributed by atoms with E-state index in [2.05, 4.69) is 9.84 Å². The number of nitrogens with two attached hydrogens (primary N) is 1. The van der Waals surface area contributed by atoms with Crippen LogP contribution in [0.4, 0.5) is 18.9 Å². The van der Waals surface area contributed by atoms with E-state index in [1.54, 1.807) is 18.3 Å². The zero-order valence-corrected chi connectivity index (χ0v) is 10.6. The van der Waals surface area contributed by atoms with Crippen LogP contribution in [-0.2, 0) is 0 Å². The number of rotatable bonds is 3. The first-order valence-corrected chi connectivity index (χ1v) is 6.03. The van der Waals surface area contributed by atoms with Gasteiger partial charge in [0.05, 0.1) is 23.1 Å². The van der Waals surface area contributed by atoms with E-state index in [0.717, 1.165) is 23.0 Å². The monoisotopic (exact) mass is 293 g/mol. The van der Waals surface area contributed by atoms with E-state index in [0.29, 0.717) is 0 Å². The Balaban J connectivity index is 2.17. The summed E-state index contributed by atoms with van der Waals surface area (Å²) in [6.07, 6.45) is 1.60. The predicted molar refractivity (Wildman–Crippen MR) is 72.1 cm³/mol. The summed E-state index contributed by atoms with van der Waals surface area (Å²) in [6, 6.07) is 9.32. The number of ether oxygens (including phenoxy) is 1. The third-order valence-corrected chi connectivity index (χ3v) is 3.00. The van der Waals surface area contributed by atoms with Gasteiger partial charge < -0.3 is 10.5 Å². The average Bonchev–Trinajstić information content (AvgIpc) is 2.85. The smallest absolute Gasteiger partial charge is 0.387 e. The molecule has 1 aromatic heterocycles. The van der Waals surface area contributed by atoms with Gasteiger partial charge in [-0.2, -0.15) is 13.9 Å². The number of anilines is 1. The van der Waals surface area contributed by atoms with Gasteiger partial charge in [-0.3, -0.25) is 0 Å². The Kier molecular flexibility index (Phi) is 3.17. The van der Waals surface area contributed by atoms with Gasteiger partial charge in [0.15, 0.2) is 11.6 Å². The maximum absolute atomic E-state index is 13.6. The maximum Gasteiger partial charge on any atom is 0.387 e. The molecule has 0 amide bonds. The fraction of sp³-hybridized carbons (Fsp3) is 0.0714. The van der Waals surface area contributed by atoms with Crippen LogP contribution in [0.1, 0.15) is 0 Å². The summed E-state index contributed by atoms with van der Waals surface area (Å²) < 4.78 is 43.7. The molecular formula is C14H10F3N3O. The van der Waals surface area contributed by atoms with Crippen molar-refractivity contribution in [3.05, 3.63) is 48.4 Å². The van der Waals surface area contributed by atoms with Crippen molar-refractivity contribution in [3.63, 3.8) is 0 Å². The standard InChI is InChI=1S/C14H10F3N3O/c15-9-5-10(18)12(6-13(9)21-14(16)17)20-11-4-2-1-3-8(11)7-19-20/h1-7,14H,18H2. The highest BCUT2D eigenvalue weighted by atomic mass is 19.3. The molecule has 0 aliphatic heterocycles. The van der Waals surface area contributed by atoms with Crippen LogP contribution in [0.3, 0.4) is 0 Å². The summed E-state index contributed by atoms with van der Waals surface area (Å²) >= 11 is 0. The maximum atomic E-state index is 13.6. The molecule has 4 nitrogen and oxygen atoms in total. The molecule has 0 aliphatic rings. The van der Waals surface area contributed by atoms with Crippen molar-refractivity contribution in [2.75, 3.05) is 5.73 Å². The Labute approximate surface area is 117 Å². The number of aromatic nitrogens is 2. The molecule has 0 aliphatic carbocycles. The number of alkyl halides is 2. The highest BCUT2D eigenvalue weighted by molar-refractivity contribution is 5.81. The van der Waals surface area contributed by atoms with Gasteiger partial charge in [0.2, 0.25) is 0 Å². The van der Waals surface area contributed by atoms with Crippen LogP contribution in [0.25, 0.3) is 16.6 Å². The lowest BCUT2D eigenvalue weighted by Crippen LogP contribution is -2.07. The third-order valence-electron chi connectivity index (χ3n) is 3.00. The largest absolute Gasteiger partial charge is 0.432 e. The number of hydrogen-bond donors (Lipinski definition) is 1. The first-order valence-electron chi connectivity index (χ1n) is 6.03. The highest BCUT2D eigenvalue weighted by Crippen LogP contribution is 2.29. The Hall–Kier alpha value is -2.70. The van der Waals surface area contributed by atoms with Crippen LogP contribution >= 0.6 is 0 Å². The molecule has 2 N–H and O–H groups in total. The average molecular weight is 293 g/mol. The molecule has 0 atom stereocenters. The van der Waals surface area contributed by atoms with Crippen molar-refractivity contribution >= 4 is 16.6 Å². The van der Waals surface area contributed by atoms with Crippen LogP contribution in [0.15, 0.2) is 42.6 Å². The molecule has 0 bridgehead atoms. The molecule has 0 radical (unpaired) electrons. The minimum Gasteiger partial charge on any atom is -0.432 e. The lowest BCUT2D eigenvalue weighted by molar-refractivity contribution is -0.0521. The minimum absolute atomic E-state index is 0.0722. The first-order chi connectivity index (χ1) is 10.1. The van der Waals surface area contributed by atoms with Crippen molar-refractivity contribution in [2.45, 2.75) is 6.61 Å². The molecule has 0 saturated carbocycles. The van der Waals surface area contributed by atoms with E-state index in [-0.39, 0.29) is 11.4 Å². The molecule has 21 heavy (non-hydrogen) atoms. The zero-order chi connectivity index (χ0) is 15.0. The van der Waals surface area contributed by atoms with Crippen molar-refractivity contribution < 1.29 is 17.9 Å². The summed E-state index contributed by atoms with van der Waals surface area (Å²) in [5, 5.41) is 4.99. The molecule has 3 rings (SSSR count). The quantitative estimate of drug-likeness (QED) is 0.753. The fourth-order valence-electron chi connectivity index (χ4n) is 2.09. The molecule has 108 valence electrons. The number of fused-ring (bicyclic) bond motifs is 1. The molecule has 1 heterocycles. The lowest BCUT2D eigenvalue weighted by atomic mass is 10.2. The molecule has 0 spiro atoms. The lowest BCUT2D eigenvalue weighted by Gasteiger charge is -2.11. The predicted octanol–water partition coefficient (Wildman–Crippen LogP) is 3.35. The molecule has 0 saturated heterocycles. The van der Waals surface area contributed by atoms with Crippen molar-refractivity contribution in [3.8, 4) is 11.4 Å². The topological polar surface area (TPSA) is 53.1 Å². The fourth-order valence-corrected chi connectivity index (χ4v) is 2.09. The normalized spacial score (nSPS) is 11.2. The molecule has 2 aromatic carbocycles. The molecule has 0 fully saturated rings. The number of para-hydroxylation sites is 1. The SMILES string of the molecule is Nc1cc(F)c(OC(F)F)cc1-n1ncc2ccccc21. The number of benzene rings is 2. The summed E-state index contributed by atoms with van der Waals surface area (Å²) in [6.45, 7) is -3.12. The van der Waals surface area contributed by atoms with Crippen LogP contribution in [0, 0.1) is 5.82 Å². The molecule has 7 heteroatoms. The Morgan fingerprint density at radius 3 is 2.71 bits per heavy atom. The van der Waals surface area contributed by atoms with Crippen LogP contribution < -0.4 is 10.5 Å². The van der Waals surface area contributed by atoms with Gasteiger partial charge in [-0.05, 0) is 6.07 Å². The van der Waals surface area contributed by atoms with Crippen LogP contribution in [0.2, 0.25) is 0 Å². The van der Waals surface area contributed by atoms with Gasteiger partial charge in [-0.15, -0.1) is 0 Å². The number of halogens is 3. The third kappa shape index (κ3) is 2.37.